The molecule has 2 fully saturated rings. The second-order valence-corrected chi connectivity index (χ2v) is 9.30. The Morgan fingerprint density at radius 2 is 1.76 bits per heavy atom. The van der Waals surface area contributed by atoms with Crippen molar-refractivity contribution in [3.8, 4) is 0 Å². The number of amides is 1. The summed E-state index contributed by atoms with van der Waals surface area (Å²) in [6.45, 7) is 4.76. The van der Waals surface area contributed by atoms with E-state index in [1.54, 1.807) is 0 Å². The fraction of sp³-hybridized carbons (Fsp3) is 0.583. The quantitative estimate of drug-likeness (QED) is 0.640. The molecule has 1 atom stereocenters. The number of carbonyl (C=O) groups excluding carboxylic acids is 2. The minimum Gasteiger partial charge on any atom is -0.343 e. The third kappa shape index (κ3) is 4.75. The van der Waals surface area contributed by atoms with Crippen LogP contribution >= 0.6 is 11.6 Å². The van der Waals surface area contributed by atoms with E-state index in [2.05, 4.69) is 23.1 Å². The highest BCUT2D eigenvalue weighted by molar-refractivity contribution is 6.30. The molecule has 2 heterocycles. The molecule has 0 N–H and O–H groups in total. The molecule has 2 aliphatic heterocycles. The minimum absolute atomic E-state index is 0.194. The maximum absolute atomic E-state index is 12.5. The normalized spacial score (nSPS) is 25.7. The Hall–Kier alpha value is -1.65. The van der Waals surface area contributed by atoms with E-state index in [0.29, 0.717) is 18.6 Å². The van der Waals surface area contributed by atoms with Gasteiger partial charge in [0.1, 0.15) is 5.78 Å². The molecule has 1 saturated carbocycles. The van der Waals surface area contributed by atoms with E-state index in [4.69, 9.17) is 11.6 Å². The van der Waals surface area contributed by atoms with Crippen molar-refractivity contribution in [3.05, 3.63) is 40.9 Å². The number of halogens is 1. The molecular weight excluding hydrogens is 384 g/mol. The average Bonchev–Trinajstić information content (AvgIpc) is 3.07. The second-order valence-electron chi connectivity index (χ2n) is 8.86. The number of piperidine rings is 1. The van der Waals surface area contributed by atoms with Crippen LogP contribution in [0.1, 0.15) is 56.9 Å². The van der Waals surface area contributed by atoms with Crippen LogP contribution in [0.5, 0.6) is 0 Å². The van der Waals surface area contributed by atoms with Crippen molar-refractivity contribution >= 4 is 28.9 Å². The molecule has 1 aromatic rings. The van der Waals surface area contributed by atoms with Crippen molar-refractivity contribution in [2.45, 2.75) is 51.4 Å². The maximum atomic E-state index is 12.5. The molecule has 0 radical (unpaired) electrons. The third-order valence-electron chi connectivity index (χ3n) is 7.01. The van der Waals surface area contributed by atoms with Crippen LogP contribution in [-0.4, -0.2) is 54.2 Å². The van der Waals surface area contributed by atoms with Crippen LogP contribution in [0.2, 0.25) is 5.02 Å². The van der Waals surface area contributed by atoms with Gasteiger partial charge in [-0.05, 0) is 68.3 Å². The molecular formula is C24H31ClN2O2. The molecule has 4 rings (SSSR count). The lowest BCUT2D eigenvalue weighted by Crippen LogP contribution is -2.46. The van der Waals surface area contributed by atoms with Crippen molar-refractivity contribution in [2.75, 3.05) is 32.7 Å². The van der Waals surface area contributed by atoms with Crippen molar-refractivity contribution in [3.63, 3.8) is 0 Å². The van der Waals surface area contributed by atoms with Gasteiger partial charge in [-0.25, -0.2) is 0 Å². The lowest BCUT2D eigenvalue weighted by molar-refractivity contribution is -0.144. The smallest absolute Gasteiger partial charge is 0.223 e. The van der Waals surface area contributed by atoms with Crippen LogP contribution in [0, 0.1) is 5.41 Å². The Morgan fingerprint density at radius 1 is 0.966 bits per heavy atom. The largest absolute Gasteiger partial charge is 0.343 e. The first-order chi connectivity index (χ1) is 14.1. The number of hydrogen-bond acceptors (Lipinski definition) is 3. The number of nitrogens with zero attached hydrogens (tertiary/aromatic N) is 2. The van der Waals surface area contributed by atoms with E-state index in [0.717, 1.165) is 76.3 Å². The van der Waals surface area contributed by atoms with Crippen molar-refractivity contribution < 1.29 is 9.59 Å². The Kier molecular flexibility index (Phi) is 6.41. The second kappa shape index (κ2) is 9.01. The first kappa shape index (κ1) is 20.6. The molecule has 29 heavy (non-hydrogen) atoms. The van der Waals surface area contributed by atoms with Gasteiger partial charge >= 0.3 is 0 Å². The van der Waals surface area contributed by atoms with Crippen molar-refractivity contribution in [2.24, 2.45) is 5.41 Å². The fourth-order valence-electron chi connectivity index (χ4n) is 5.12. The SMILES string of the molecule is O=C1CC2(CCCC2=O)CCN1CCCCN1CC=C(c2ccc(Cl)cc2)CC1. The van der Waals surface area contributed by atoms with E-state index < -0.39 is 0 Å². The summed E-state index contributed by atoms with van der Waals surface area (Å²) < 4.78 is 0. The number of ketones is 1. The number of hydrogen-bond donors (Lipinski definition) is 0. The molecule has 1 saturated heterocycles. The molecule has 1 unspecified atom stereocenters. The number of likely N-dealkylation sites (tertiary alicyclic amines) is 1. The zero-order chi connectivity index (χ0) is 20.3. The fourth-order valence-corrected chi connectivity index (χ4v) is 5.25. The average molecular weight is 415 g/mol. The van der Waals surface area contributed by atoms with Gasteiger partial charge in [0.05, 0.1) is 0 Å². The number of carbonyl (C=O) groups is 2. The molecule has 0 bridgehead atoms. The monoisotopic (exact) mass is 414 g/mol. The molecule has 4 nitrogen and oxygen atoms in total. The van der Waals surface area contributed by atoms with E-state index in [1.807, 2.05) is 17.0 Å². The first-order valence-corrected chi connectivity index (χ1v) is 11.4. The Labute approximate surface area is 178 Å². The topological polar surface area (TPSA) is 40.6 Å². The molecule has 3 aliphatic rings. The van der Waals surface area contributed by atoms with Crippen LogP contribution in [0.3, 0.4) is 0 Å². The van der Waals surface area contributed by atoms with Gasteiger partial charge in [-0.2, -0.15) is 0 Å². The van der Waals surface area contributed by atoms with E-state index in [-0.39, 0.29) is 11.3 Å². The molecule has 1 spiro atoms. The molecule has 1 aromatic carbocycles. The van der Waals surface area contributed by atoms with Gasteiger partial charge < -0.3 is 4.90 Å². The predicted octanol–water partition coefficient (Wildman–Crippen LogP) is 4.57. The zero-order valence-electron chi connectivity index (χ0n) is 17.2. The highest BCUT2D eigenvalue weighted by Crippen LogP contribution is 2.43. The zero-order valence-corrected chi connectivity index (χ0v) is 17.9. The van der Waals surface area contributed by atoms with Gasteiger partial charge in [0.15, 0.2) is 0 Å². The summed E-state index contributed by atoms with van der Waals surface area (Å²) in [4.78, 5) is 29.2. The van der Waals surface area contributed by atoms with Gasteiger partial charge in [-0.3, -0.25) is 14.5 Å². The van der Waals surface area contributed by atoms with E-state index >= 15 is 0 Å². The Balaban J connectivity index is 1.17. The number of unbranched alkanes of at least 4 members (excludes halogenated alkanes) is 1. The van der Waals surface area contributed by atoms with Gasteiger partial charge in [0, 0.05) is 49.5 Å². The Morgan fingerprint density at radius 3 is 2.41 bits per heavy atom. The summed E-state index contributed by atoms with van der Waals surface area (Å²) in [5.41, 5.74) is 2.39. The summed E-state index contributed by atoms with van der Waals surface area (Å²) in [5, 5.41) is 0.781. The predicted molar refractivity (Wildman–Crippen MR) is 117 cm³/mol. The lowest BCUT2D eigenvalue weighted by atomic mass is 9.76. The summed E-state index contributed by atoms with van der Waals surface area (Å²) in [6, 6.07) is 8.11. The number of benzene rings is 1. The van der Waals surface area contributed by atoms with Crippen molar-refractivity contribution in [1.82, 2.24) is 9.80 Å². The van der Waals surface area contributed by atoms with E-state index in [9.17, 15) is 9.59 Å². The molecule has 5 heteroatoms. The van der Waals surface area contributed by atoms with Crippen LogP contribution in [0.15, 0.2) is 30.3 Å². The molecule has 156 valence electrons. The summed E-state index contributed by atoms with van der Waals surface area (Å²) in [6.07, 6.45) is 9.45. The first-order valence-electron chi connectivity index (χ1n) is 11.0. The van der Waals surface area contributed by atoms with Crippen LogP contribution in [0.25, 0.3) is 5.57 Å². The molecule has 1 aliphatic carbocycles. The van der Waals surface area contributed by atoms with Crippen LogP contribution in [0.4, 0.5) is 0 Å². The van der Waals surface area contributed by atoms with Crippen molar-refractivity contribution in [1.29, 1.82) is 0 Å². The summed E-state index contributed by atoms with van der Waals surface area (Å²) >= 11 is 5.98. The number of Topliss-reactive ketones (excluding diaryl/α,β-unsaturated/α-hetero) is 1. The highest BCUT2D eigenvalue weighted by atomic mass is 35.5. The van der Waals surface area contributed by atoms with Crippen LogP contribution < -0.4 is 0 Å². The standard InChI is InChI=1S/C24H31ClN2O2/c25-21-7-5-19(6-8-21)20-9-15-26(16-10-20)13-1-2-14-27-17-12-24(18-23(27)29)11-3-4-22(24)28/h5-9H,1-4,10-18H2. The summed E-state index contributed by atoms with van der Waals surface area (Å²) in [5.74, 6) is 0.529. The van der Waals surface area contributed by atoms with Gasteiger partial charge in [-0.15, -0.1) is 0 Å². The third-order valence-corrected chi connectivity index (χ3v) is 7.27. The van der Waals surface area contributed by atoms with Gasteiger partial charge in [0.2, 0.25) is 5.91 Å². The molecule has 0 aromatic heterocycles. The van der Waals surface area contributed by atoms with E-state index in [1.165, 1.54) is 11.1 Å². The lowest BCUT2D eigenvalue weighted by Gasteiger charge is -2.37. The molecule has 1 amide bonds. The highest BCUT2D eigenvalue weighted by Gasteiger charge is 2.46. The summed E-state index contributed by atoms with van der Waals surface area (Å²) in [7, 11) is 0. The number of rotatable bonds is 6. The maximum Gasteiger partial charge on any atom is 0.223 e. The van der Waals surface area contributed by atoms with Gasteiger partial charge in [0.25, 0.3) is 0 Å². The van der Waals surface area contributed by atoms with Crippen LogP contribution in [-0.2, 0) is 9.59 Å². The van der Waals surface area contributed by atoms with Gasteiger partial charge in [-0.1, -0.05) is 29.8 Å². The Bertz CT molecular complexity index is 789. The minimum atomic E-state index is -0.296.